The molecule has 9 rings (SSSR count). The summed E-state index contributed by atoms with van der Waals surface area (Å²) in [6.07, 6.45) is 21.7. The molecule has 2 aromatic heterocycles. The largest absolute Gasteiger partial charge is 0.473 e. The fourth-order valence-electron chi connectivity index (χ4n) is 10.1. The molecule has 26 nitrogen and oxygen atoms in total. The molecule has 0 amide bonds. The number of carbonyl (C=O) groups is 8. The molecule has 26 heteroatoms. The molecule has 0 saturated carbocycles. The van der Waals surface area contributed by atoms with E-state index < -0.39 is 47.8 Å². The van der Waals surface area contributed by atoms with E-state index in [1.54, 1.807) is 0 Å². The second kappa shape index (κ2) is 36.2. The zero-order valence-electron chi connectivity index (χ0n) is 47.9. The number of pyridine rings is 2. The van der Waals surface area contributed by atoms with E-state index in [1.165, 1.54) is 129 Å². The number of aliphatic imine (C=N–C) groups is 2. The lowest BCUT2D eigenvalue weighted by molar-refractivity contribution is -0.198. The maximum absolute atomic E-state index is 9.10. The van der Waals surface area contributed by atoms with Crippen molar-refractivity contribution in [3.05, 3.63) is 96.3 Å². The van der Waals surface area contributed by atoms with Crippen LogP contribution in [0.2, 0.25) is 0 Å². The molecule has 4 aliphatic rings. The van der Waals surface area contributed by atoms with Gasteiger partial charge in [-0.3, -0.25) is 9.98 Å². The van der Waals surface area contributed by atoms with E-state index in [2.05, 4.69) is 115 Å². The summed E-state index contributed by atoms with van der Waals surface area (Å²) >= 11 is 0. The first-order chi connectivity index (χ1) is 41.4. The summed E-state index contributed by atoms with van der Waals surface area (Å²) in [6, 6.07) is 30.3. The molecule has 4 fully saturated rings. The van der Waals surface area contributed by atoms with E-state index in [1.807, 2.05) is 12.4 Å². The van der Waals surface area contributed by atoms with Crippen molar-refractivity contribution in [1.29, 1.82) is 0 Å². The third-order valence-corrected chi connectivity index (χ3v) is 14.1. The Morgan fingerprint density at radius 1 is 0.384 bits per heavy atom. The minimum Gasteiger partial charge on any atom is -0.473 e. The molecule has 462 valence electrons. The van der Waals surface area contributed by atoms with Crippen LogP contribution < -0.4 is 0 Å². The minimum atomic E-state index is -1.82. The summed E-state index contributed by atoms with van der Waals surface area (Å²) in [5, 5.41) is 76.9. The number of piperidine rings is 4. The van der Waals surface area contributed by atoms with Gasteiger partial charge in [0.05, 0.1) is 22.4 Å². The number of hydrogen-bond acceptors (Lipinski definition) is 18. The number of carboxylic acid groups (broad SMARTS) is 8. The lowest BCUT2D eigenvalue weighted by atomic mass is 9.95. The number of fused-ring (bicyclic) bond motifs is 3. The van der Waals surface area contributed by atoms with E-state index in [4.69, 9.17) is 99.2 Å². The van der Waals surface area contributed by atoms with Crippen molar-refractivity contribution in [1.82, 2.24) is 40.2 Å². The molecule has 0 radical (unpaired) electrons. The van der Waals surface area contributed by atoms with E-state index in [0.717, 1.165) is 94.5 Å². The van der Waals surface area contributed by atoms with Gasteiger partial charge in [-0.25, -0.2) is 68.4 Å². The van der Waals surface area contributed by atoms with Gasteiger partial charge in [0.15, 0.2) is 0 Å². The third kappa shape index (κ3) is 22.4. The molecule has 4 saturated heterocycles. The smallest absolute Gasteiger partial charge is 0.414 e. The molecule has 4 aliphatic heterocycles. The molecule has 0 bridgehead atoms. The number of nitrogens with zero attached hydrogens (tertiary/aromatic N) is 10. The van der Waals surface area contributed by atoms with Crippen LogP contribution in [0.15, 0.2) is 94.9 Å². The van der Waals surface area contributed by atoms with Crippen LogP contribution in [0, 0.1) is 0 Å². The molecule has 0 spiro atoms. The van der Waals surface area contributed by atoms with Crippen LogP contribution in [0.1, 0.15) is 101 Å². The zero-order valence-corrected chi connectivity index (χ0v) is 47.9. The zero-order chi connectivity index (χ0) is 62.4. The second-order valence-corrected chi connectivity index (χ2v) is 20.2. The van der Waals surface area contributed by atoms with Crippen molar-refractivity contribution >= 4 is 82.0 Å². The highest BCUT2D eigenvalue weighted by molar-refractivity contribution is 6.28. The monoisotopic (exact) mass is 1190 g/mol. The van der Waals surface area contributed by atoms with Crippen molar-refractivity contribution in [2.45, 2.75) is 89.9 Å². The average Bonchev–Trinajstić information content (AvgIpc) is 3.00. The third-order valence-electron chi connectivity index (χ3n) is 14.1. The average molecular weight is 1190 g/mol. The number of hydrogen-bond donors (Lipinski definition) is 8. The van der Waals surface area contributed by atoms with Crippen molar-refractivity contribution in [2.24, 2.45) is 9.98 Å². The highest BCUT2D eigenvalue weighted by atomic mass is 16.5. The van der Waals surface area contributed by atoms with Gasteiger partial charge in [0.2, 0.25) is 0 Å². The van der Waals surface area contributed by atoms with E-state index in [-0.39, 0.29) is 0 Å². The molecule has 3 aromatic carbocycles. The topological polar surface area (TPSA) is 368 Å². The SMILES string of the molecule is C(=NCCCN(N1CCCCC1)N1CCCCC1)c1cc(-c2ccccc2)c2ccc3c(-c4ccccc4)cc(C=NCCCN(N4CCCCC4)N4CCCCC4)nc3c2n1.O=C(O)C(=O)O.O=C(O)C(=O)O.O=C(O)C(=O)O.O=C(O)C(=O)O. The molecule has 6 heterocycles. The number of hydrazine groups is 4. The summed E-state index contributed by atoms with van der Waals surface area (Å²) in [5.41, 5.74) is 8.15. The molecule has 0 atom stereocenters. The van der Waals surface area contributed by atoms with Crippen molar-refractivity contribution in [3.63, 3.8) is 0 Å². The van der Waals surface area contributed by atoms with E-state index in [0.29, 0.717) is 0 Å². The Bertz CT molecular complexity index is 2770. The van der Waals surface area contributed by atoms with Gasteiger partial charge in [0.25, 0.3) is 0 Å². The van der Waals surface area contributed by atoms with E-state index in [9.17, 15) is 0 Å². The lowest BCUT2D eigenvalue weighted by Crippen LogP contribution is -2.56. The highest BCUT2D eigenvalue weighted by Crippen LogP contribution is 2.36. The van der Waals surface area contributed by atoms with Gasteiger partial charge in [-0.1, -0.05) is 98.5 Å². The molecule has 0 unspecified atom stereocenters. The Morgan fingerprint density at radius 3 is 0.884 bits per heavy atom. The Balaban J connectivity index is 0.000000475. The van der Waals surface area contributed by atoms with Crippen LogP contribution in [-0.2, 0) is 38.4 Å². The maximum Gasteiger partial charge on any atom is 0.414 e. The van der Waals surface area contributed by atoms with Crippen molar-refractivity contribution in [3.8, 4) is 22.3 Å². The quantitative estimate of drug-likeness (QED) is 0.0224. The van der Waals surface area contributed by atoms with Crippen LogP contribution in [0.3, 0.4) is 0 Å². The number of rotatable bonds is 16. The van der Waals surface area contributed by atoms with Crippen molar-refractivity contribution < 1.29 is 79.2 Å². The number of carboxylic acids is 8. The second-order valence-electron chi connectivity index (χ2n) is 20.2. The first kappa shape index (κ1) is 68.1. The molecule has 5 aromatic rings. The van der Waals surface area contributed by atoms with Crippen molar-refractivity contribution in [2.75, 3.05) is 78.5 Å². The Labute approximate surface area is 496 Å². The summed E-state index contributed by atoms with van der Waals surface area (Å²) in [6.45, 7) is 12.9. The summed E-state index contributed by atoms with van der Waals surface area (Å²) < 4.78 is 0. The Kier molecular flexibility index (Phi) is 28.7. The van der Waals surface area contributed by atoms with Crippen LogP contribution in [0.4, 0.5) is 0 Å². The minimum absolute atomic E-state index is 0.763. The Morgan fingerprint density at radius 2 is 0.640 bits per heavy atom. The molecule has 8 N–H and O–H groups in total. The summed E-state index contributed by atoms with van der Waals surface area (Å²) in [4.78, 5) is 93.6. The Hall–Kier alpha value is -8.66. The van der Waals surface area contributed by atoms with Crippen LogP contribution in [-0.4, -0.2) is 220 Å². The van der Waals surface area contributed by atoms with E-state index >= 15 is 0 Å². The van der Waals surface area contributed by atoms with Crippen LogP contribution >= 0.6 is 0 Å². The molecule has 0 aliphatic carbocycles. The van der Waals surface area contributed by atoms with Gasteiger partial charge in [-0.15, -0.1) is 0 Å². The van der Waals surface area contributed by atoms with Crippen LogP contribution in [0.5, 0.6) is 0 Å². The first-order valence-corrected chi connectivity index (χ1v) is 28.6. The summed E-state index contributed by atoms with van der Waals surface area (Å²) in [5.74, 6) is -14.6. The molecule has 86 heavy (non-hydrogen) atoms. The lowest BCUT2D eigenvalue weighted by Gasteiger charge is -2.45. The number of benzene rings is 3. The molecular weight excluding hydrogens is 1120 g/mol. The standard InChI is InChI=1S/C52H68N10.4C2H2O4/c1-7-21-43(22-8-1)49-39-45(41-53-27-19-37-61(57-29-11-3-12-30-57)58-31-13-4-14-32-58)55-51-47(49)25-26-48-50(44-23-9-2-10-24-44)40-46(56-52(48)51)42-54-28-20-38-62(59-33-15-5-16-34-59)60-35-17-6-18-36-60;4*3-1(4)2(5)6/h1-2,7-10,21-26,39-42H,3-6,11-20,27-38H2;4*(H,3,4)(H,5,6). The van der Waals surface area contributed by atoms with Gasteiger partial charge < -0.3 is 40.9 Å². The van der Waals surface area contributed by atoms with Gasteiger partial charge in [-0.05, 0) is 98.6 Å². The van der Waals surface area contributed by atoms with Gasteiger partial charge in [-0.2, -0.15) is 10.2 Å². The van der Waals surface area contributed by atoms with Gasteiger partial charge in [0.1, 0.15) is 0 Å². The van der Waals surface area contributed by atoms with Gasteiger partial charge in [0, 0.05) is 102 Å². The maximum atomic E-state index is 9.10. The fraction of sp³-hybridized carbons (Fsp3) is 0.433. The predicted octanol–water partition coefficient (Wildman–Crippen LogP) is 6.57. The fourth-order valence-corrected chi connectivity index (χ4v) is 10.1. The number of aromatic nitrogens is 2. The molecular formula is C60H76N10O16. The van der Waals surface area contributed by atoms with Crippen LogP contribution in [0.25, 0.3) is 44.1 Å². The number of aliphatic carboxylic acids is 8. The normalized spacial score (nSPS) is 15.9. The first-order valence-electron chi connectivity index (χ1n) is 28.6. The predicted molar refractivity (Wildman–Crippen MR) is 318 cm³/mol. The summed E-state index contributed by atoms with van der Waals surface area (Å²) in [7, 11) is 0. The highest BCUT2D eigenvalue weighted by Gasteiger charge is 2.27. The van der Waals surface area contributed by atoms with Gasteiger partial charge >= 0.3 is 47.8 Å².